The van der Waals surface area contributed by atoms with Crippen molar-refractivity contribution in [3.8, 4) is 0 Å². The molecule has 402 valence electrons. The summed E-state index contributed by atoms with van der Waals surface area (Å²) in [5.41, 5.74) is -3.63. The molecule has 0 aromatic carbocycles. The van der Waals surface area contributed by atoms with E-state index in [0.717, 1.165) is 5.57 Å². The molecule has 0 aromatic rings. The second-order valence-electron chi connectivity index (χ2n) is 23.6. The third kappa shape index (κ3) is 8.00. The minimum atomic E-state index is -2.15. The zero-order chi connectivity index (χ0) is 51.6. The summed E-state index contributed by atoms with van der Waals surface area (Å²) in [5, 5.41) is 164. The van der Waals surface area contributed by atoms with E-state index in [0.29, 0.717) is 32.1 Å². The van der Waals surface area contributed by atoms with Gasteiger partial charge in [-0.3, -0.25) is 0 Å². The Labute approximate surface area is 406 Å². The zero-order valence-electron chi connectivity index (χ0n) is 40.6. The van der Waals surface area contributed by atoms with Crippen LogP contribution >= 0.6 is 0 Å². The first kappa shape index (κ1) is 54.7. The first-order chi connectivity index (χ1) is 32.7. The molecule has 0 radical (unpaired) electrons. The van der Waals surface area contributed by atoms with Gasteiger partial charge in [0.25, 0.3) is 0 Å². The Hall–Kier alpha value is -1.59. The predicted molar refractivity (Wildman–Crippen MR) is 236 cm³/mol. The van der Waals surface area contributed by atoms with Crippen LogP contribution in [0.5, 0.6) is 0 Å². The summed E-state index contributed by atoms with van der Waals surface area (Å²) in [6.45, 7) is 9.60. The highest BCUT2D eigenvalue weighted by molar-refractivity contribution is 5.73. The predicted octanol–water partition coefficient (Wildman–Crippen LogP) is -3.41. The number of hydrogen-bond acceptors (Lipinski definition) is 21. The van der Waals surface area contributed by atoms with Crippen molar-refractivity contribution in [2.45, 2.75) is 203 Å². The molecule has 3 aliphatic heterocycles. The van der Waals surface area contributed by atoms with Crippen LogP contribution in [0.3, 0.4) is 0 Å². The molecule has 27 atom stereocenters. The molecule has 8 aliphatic rings. The van der Waals surface area contributed by atoms with Gasteiger partial charge in [-0.2, -0.15) is 0 Å². The van der Waals surface area contributed by atoms with Gasteiger partial charge in [0.05, 0.1) is 56.3 Å². The molecule has 0 amide bonds. The molecule has 8 rings (SSSR count). The van der Waals surface area contributed by atoms with Crippen LogP contribution in [0.2, 0.25) is 0 Å². The molecular weight excluding hydrogens is 929 g/mol. The number of aliphatic carboxylic acids is 1. The van der Waals surface area contributed by atoms with Gasteiger partial charge in [0.1, 0.15) is 67.1 Å². The van der Waals surface area contributed by atoms with Gasteiger partial charge in [-0.15, -0.1) is 0 Å². The highest BCUT2D eigenvalue weighted by Crippen LogP contribution is 2.76. The molecule has 3 saturated heterocycles. The van der Waals surface area contributed by atoms with Crippen LogP contribution in [0.15, 0.2) is 11.6 Å². The third-order valence-electron chi connectivity index (χ3n) is 19.8. The van der Waals surface area contributed by atoms with Crippen molar-refractivity contribution in [2.75, 3.05) is 26.4 Å². The molecule has 4 saturated carbocycles. The van der Waals surface area contributed by atoms with Crippen molar-refractivity contribution in [1.82, 2.24) is 0 Å². The molecule has 27 unspecified atom stereocenters. The van der Waals surface area contributed by atoms with E-state index in [2.05, 4.69) is 26.8 Å². The summed E-state index contributed by atoms with van der Waals surface area (Å²) in [7, 11) is 0. The number of aliphatic hydroxyl groups excluding tert-OH is 14. The van der Waals surface area contributed by atoms with E-state index in [9.17, 15) is 81.4 Å². The van der Waals surface area contributed by atoms with E-state index in [1.165, 1.54) is 0 Å². The smallest absolute Gasteiger partial charge is 0.335 e. The number of hydrogen-bond donors (Lipinski definition) is 15. The van der Waals surface area contributed by atoms with Gasteiger partial charge in [0, 0.05) is 5.41 Å². The van der Waals surface area contributed by atoms with Crippen molar-refractivity contribution in [3.05, 3.63) is 11.6 Å². The van der Waals surface area contributed by atoms with E-state index in [4.69, 9.17) is 28.4 Å². The fourth-order valence-electron chi connectivity index (χ4n) is 15.4. The molecule has 22 nitrogen and oxygen atoms in total. The summed E-state index contributed by atoms with van der Waals surface area (Å²) in [6.07, 6.45) is -27.6. The standard InChI is InChI=1S/C48H78O22/c1-43(2)13-20-19-7-8-24-44(3)11-10-26(45(4,17-51)23(44)9-12-46(24,5)47(19,6)14-25(53)48(20,18-52)38(62)37(43)61)67-42-35(69-41-32(59)30(57)28(55)22(16-50)66-41)33(60)34(36(70-42)39(63)64)68-40-31(58)29(56)27(54)21(15-49)65-40/h7,20-38,40-42,49-62H,8-18H2,1-6H3,(H,63,64). The number of carboxylic acid groups (broad SMARTS) is 1. The van der Waals surface area contributed by atoms with E-state index < -0.39 is 187 Å². The monoisotopic (exact) mass is 1010 g/mol. The van der Waals surface area contributed by atoms with Crippen LogP contribution in [0.25, 0.3) is 0 Å². The second kappa shape index (κ2) is 19.2. The molecular formula is C48H78O22. The first-order valence-corrected chi connectivity index (χ1v) is 24.8. The average molecular weight is 1010 g/mol. The Morgan fingerprint density at radius 1 is 0.629 bits per heavy atom. The fraction of sp³-hybridized carbons (Fsp3) is 0.938. The van der Waals surface area contributed by atoms with Gasteiger partial charge in [0.15, 0.2) is 25.0 Å². The molecule has 0 spiro atoms. The largest absolute Gasteiger partial charge is 0.479 e. The van der Waals surface area contributed by atoms with E-state index in [-0.39, 0.29) is 24.7 Å². The van der Waals surface area contributed by atoms with Crippen LogP contribution < -0.4 is 0 Å². The SMILES string of the molecule is CC1(C)CC2C3=CCC4C5(C)CCC(OC6OC(C(=O)O)C(OC7OC(CO)C(O)C(O)C7O)C(O)C6OC6OC(CO)C(O)C(O)C6O)C(C)(CO)C5CCC4(C)C3(C)CC(O)C2(CO)C(O)C1O. The summed E-state index contributed by atoms with van der Waals surface area (Å²) < 4.78 is 35.7. The average Bonchev–Trinajstić information content (AvgIpc) is 3.31. The number of carboxylic acids is 1. The van der Waals surface area contributed by atoms with Crippen molar-refractivity contribution >= 4 is 5.97 Å². The van der Waals surface area contributed by atoms with Crippen LogP contribution in [0, 0.1) is 50.2 Å². The van der Waals surface area contributed by atoms with Crippen molar-refractivity contribution in [1.29, 1.82) is 0 Å². The summed E-state index contributed by atoms with van der Waals surface area (Å²) >= 11 is 0. The van der Waals surface area contributed by atoms with Crippen molar-refractivity contribution < 1.29 is 110 Å². The van der Waals surface area contributed by atoms with E-state index in [1.54, 1.807) is 0 Å². The molecule has 3 heterocycles. The number of allylic oxidation sites excluding steroid dienone is 2. The fourth-order valence-corrected chi connectivity index (χ4v) is 15.4. The van der Waals surface area contributed by atoms with Gasteiger partial charge in [-0.25, -0.2) is 4.79 Å². The van der Waals surface area contributed by atoms with Crippen LogP contribution in [0.4, 0.5) is 0 Å². The van der Waals surface area contributed by atoms with E-state index >= 15 is 0 Å². The van der Waals surface area contributed by atoms with Gasteiger partial charge in [0.2, 0.25) is 0 Å². The number of carbonyl (C=O) groups is 1. The van der Waals surface area contributed by atoms with E-state index in [1.807, 2.05) is 20.8 Å². The Balaban J connectivity index is 1.11. The summed E-state index contributed by atoms with van der Waals surface area (Å²) in [4.78, 5) is 13.0. The molecule has 5 aliphatic carbocycles. The lowest BCUT2D eigenvalue weighted by Gasteiger charge is -2.72. The van der Waals surface area contributed by atoms with Gasteiger partial charge in [-0.05, 0) is 84.4 Å². The lowest BCUT2D eigenvalue weighted by Crippen LogP contribution is -2.72. The van der Waals surface area contributed by atoms with Gasteiger partial charge >= 0.3 is 5.97 Å². The third-order valence-corrected chi connectivity index (χ3v) is 19.8. The normalized spacial score (nSPS) is 55.6. The maximum absolute atomic E-state index is 13.0. The molecule has 0 aromatic heterocycles. The van der Waals surface area contributed by atoms with Crippen molar-refractivity contribution in [3.63, 3.8) is 0 Å². The quantitative estimate of drug-likeness (QED) is 0.0708. The molecule has 22 heteroatoms. The highest BCUT2D eigenvalue weighted by Gasteiger charge is 2.73. The second-order valence-corrected chi connectivity index (χ2v) is 23.6. The Kier molecular flexibility index (Phi) is 15.0. The number of fused-ring (bicyclic) bond motifs is 7. The maximum Gasteiger partial charge on any atom is 0.335 e. The van der Waals surface area contributed by atoms with Gasteiger partial charge in [-0.1, -0.05) is 53.2 Å². The summed E-state index contributed by atoms with van der Waals surface area (Å²) in [6, 6.07) is 0. The Morgan fingerprint density at radius 2 is 1.20 bits per heavy atom. The van der Waals surface area contributed by atoms with Crippen LogP contribution in [0.1, 0.15) is 86.5 Å². The zero-order valence-corrected chi connectivity index (χ0v) is 40.6. The van der Waals surface area contributed by atoms with Gasteiger partial charge < -0.3 is 105 Å². The lowest BCUT2D eigenvalue weighted by atomic mass is 9.33. The lowest BCUT2D eigenvalue weighted by molar-refractivity contribution is -0.392. The minimum Gasteiger partial charge on any atom is -0.479 e. The molecule has 70 heavy (non-hydrogen) atoms. The number of aliphatic hydroxyl groups is 14. The molecule has 15 N–H and O–H groups in total. The number of rotatable bonds is 11. The minimum absolute atomic E-state index is 0.0213. The maximum atomic E-state index is 13.0. The number of ether oxygens (including phenoxy) is 6. The molecule has 7 fully saturated rings. The molecule has 0 bridgehead atoms. The topological polar surface area (TPSA) is 376 Å². The van der Waals surface area contributed by atoms with Crippen molar-refractivity contribution in [2.24, 2.45) is 50.2 Å². The van der Waals surface area contributed by atoms with Crippen LogP contribution in [-0.4, -0.2) is 226 Å². The summed E-state index contributed by atoms with van der Waals surface area (Å²) in [5.74, 6) is -2.40. The van der Waals surface area contributed by atoms with Crippen LogP contribution in [-0.2, 0) is 33.2 Å². The Bertz CT molecular complexity index is 1920. The Morgan fingerprint density at radius 3 is 1.73 bits per heavy atom. The highest BCUT2D eigenvalue weighted by atomic mass is 16.8. The first-order valence-electron chi connectivity index (χ1n) is 24.8.